The monoisotopic (exact) mass is 444 g/mol. The second-order valence-corrected chi connectivity index (χ2v) is 7.91. The number of carboxylic acid groups (broad SMARTS) is 2. The van der Waals surface area contributed by atoms with Crippen LogP contribution in [0.15, 0.2) is 42.5 Å². The molecule has 2 atom stereocenters. The van der Waals surface area contributed by atoms with Crippen molar-refractivity contribution in [1.82, 2.24) is 9.80 Å². The molecule has 1 aliphatic heterocycles. The number of amides is 1. The van der Waals surface area contributed by atoms with Crippen molar-refractivity contribution < 1.29 is 33.7 Å². The lowest BCUT2D eigenvalue weighted by Gasteiger charge is -2.44. The molecule has 2 aromatic rings. The fraction of sp³-hybridized carbons (Fsp3) is 0.348. The van der Waals surface area contributed by atoms with Crippen LogP contribution in [0.4, 0.5) is 4.39 Å². The van der Waals surface area contributed by atoms with Crippen molar-refractivity contribution in [2.24, 2.45) is 0 Å². The molecule has 3 rings (SSSR count). The summed E-state index contributed by atoms with van der Waals surface area (Å²) in [6.07, 6.45) is 0. The van der Waals surface area contributed by atoms with E-state index in [4.69, 9.17) is 9.84 Å². The summed E-state index contributed by atoms with van der Waals surface area (Å²) in [5.41, 5.74) is 0.489. The molecular formula is C23H25FN2O6. The highest BCUT2D eigenvalue weighted by molar-refractivity contribution is 5.96. The summed E-state index contributed by atoms with van der Waals surface area (Å²) in [5.74, 6) is -3.23. The maximum Gasteiger partial charge on any atom is 0.339 e. The van der Waals surface area contributed by atoms with E-state index in [0.717, 1.165) is 11.6 Å². The van der Waals surface area contributed by atoms with Crippen LogP contribution >= 0.6 is 0 Å². The van der Waals surface area contributed by atoms with Gasteiger partial charge < -0.3 is 19.8 Å². The summed E-state index contributed by atoms with van der Waals surface area (Å²) >= 11 is 0. The molecule has 0 bridgehead atoms. The molecule has 0 radical (unpaired) electrons. The molecule has 2 aromatic carbocycles. The Labute approximate surface area is 184 Å². The lowest BCUT2D eigenvalue weighted by molar-refractivity contribution is -0.139. The molecule has 0 aliphatic carbocycles. The average molecular weight is 444 g/mol. The topological polar surface area (TPSA) is 107 Å². The smallest absolute Gasteiger partial charge is 0.339 e. The normalized spacial score (nSPS) is 18.9. The highest BCUT2D eigenvalue weighted by atomic mass is 19.1. The zero-order valence-corrected chi connectivity index (χ0v) is 17.8. The number of rotatable bonds is 7. The van der Waals surface area contributed by atoms with Gasteiger partial charge in [0.05, 0.1) is 5.56 Å². The third-order valence-corrected chi connectivity index (χ3v) is 5.54. The third-order valence-electron chi connectivity index (χ3n) is 5.54. The predicted octanol–water partition coefficient (Wildman–Crippen LogP) is 2.72. The number of piperazine rings is 1. The molecule has 1 saturated heterocycles. The number of hydrogen-bond donors (Lipinski definition) is 2. The van der Waals surface area contributed by atoms with Crippen molar-refractivity contribution >= 4 is 17.8 Å². The minimum Gasteiger partial charge on any atom is -0.483 e. The number of hydrogen-bond acceptors (Lipinski definition) is 5. The summed E-state index contributed by atoms with van der Waals surface area (Å²) in [6.45, 7) is 5.30. The van der Waals surface area contributed by atoms with Gasteiger partial charge in [-0.2, -0.15) is 0 Å². The van der Waals surface area contributed by atoms with Crippen LogP contribution in [-0.4, -0.2) is 69.6 Å². The van der Waals surface area contributed by atoms with Gasteiger partial charge in [0, 0.05) is 31.7 Å². The largest absolute Gasteiger partial charge is 0.483 e. The Kier molecular flexibility index (Phi) is 7.09. The molecule has 0 saturated carbocycles. The minimum absolute atomic E-state index is 0.0598. The van der Waals surface area contributed by atoms with Crippen LogP contribution in [0.2, 0.25) is 0 Å². The highest BCUT2D eigenvalue weighted by Crippen LogP contribution is 2.22. The zero-order valence-electron chi connectivity index (χ0n) is 17.8. The Morgan fingerprint density at radius 1 is 1.00 bits per heavy atom. The Hall–Kier alpha value is -3.46. The molecular weight excluding hydrogens is 419 g/mol. The Balaban J connectivity index is 1.62. The first kappa shape index (κ1) is 23.2. The standard InChI is InChI=1S/C23H25FN2O6/c1-14-11-26(15(2)10-25(14)12-16-3-6-18(24)7-4-16)21(27)13-32-20-8-5-17(22(28)29)9-19(20)23(30)31/h3-9,14-15H,10-13H2,1-2H3,(H,28,29)(H,30,31)/t14-,15+/m0/s1. The van der Waals surface area contributed by atoms with E-state index >= 15 is 0 Å². The molecule has 32 heavy (non-hydrogen) atoms. The molecule has 0 aromatic heterocycles. The molecule has 1 fully saturated rings. The van der Waals surface area contributed by atoms with E-state index in [9.17, 15) is 23.9 Å². The predicted molar refractivity (Wildman–Crippen MR) is 113 cm³/mol. The van der Waals surface area contributed by atoms with Gasteiger partial charge in [-0.25, -0.2) is 14.0 Å². The summed E-state index contributed by atoms with van der Waals surface area (Å²) in [5, 5.41) is 18.4. The summed E-state index contributed by atoms with van der Waals surface area (Å²) < 4.78 is 18.6. The van der Waals surface area contributed by atoms with Crippen molar-refractivity contribution in [1.29, 1.82) is 0 Å². The van der Waals surface area contributed by atoms with Crippen molar-refractivity contribution in [3.8, 4) is 5.75 Å². The molecule has 0 unspecified atom stereocenters. The number of aromatic carboxylic acids is 2. The van der Waals surface area contributed by atoms with Crippen LogP contribution in [0.3, 0.4) is 0 Å². The van der Waals surface area contributed by atoms with Crippen molar-refractivity contribution in [3.63, 3.8) is 0 Å². The fourth-order valence-corrected chi connectivity index (χ4v) is 3.77. The summed E-state index contributed by atoms with van der Waals surface area (Å²) in [4.78, 5) is 39.2. The van der Waals surface area contributed by atoms with Crippen LogP contribution in [0.1, 0.15) is 40.1 Å². The number of nitrogens with zero attached hydrogens (tertiary/aromatic N) is 2. The molecule has 1 aliphatic rings. The van der Waals surface area contributed by atoms with E-state index in [-0.39, 0.29) is 47.3 Å². The maximum absolute atomic E-state index is 13.1. The molecule has 0 spiro atoms. The zero-order chi connectivity index (χ0) is 23.4. The molecule has 2 N–H and O–H groups in total. The third kappa shape index (κ3) is 5.42. The first-order valence-corrected chi connectivity index (χ1v) is 10.2. The fourth-order valence-electron chi connectivity index (χ4n) is 3.77. The van der Waals surface area contributed by atoms with Crippen molar-refractivity contribution in [3.05, 3.63) is 65.0 Å². The van der Waals surface area contributed by atoms with Crippen LogP contribution < -0.4 is 4.74 Å². The van der Waals surface area contributed by atoms with Crippen LogP contribution in [0.5, 0.6) is 5.75 Å². The van der Waals surface area contributed by atoms with Gasteiger partial charge in [-0.1, -0.05) is 12.1 Å². The second-order valence-electron chi connectivity index (χ2n) is 7.91. The van der Waals surface area contributed by atoms with Gasteiger partial charge >= 0.3 is 11.9 Å². The van der Waals surface area contributed by atoms with E-state index < -0.39 is 11.9 Å². The number of benzene rings is 2. The van der Waals surface area contributed by atoms with E-state index in [1.54, 1.807) is 17.0 Å². The Morgan fingerprint density at radius 3 is 2.31 bits per heavy atom. The van der Waals surface area contributed by atoms with Gasteiger partial charge in [0.25, 0.3) is 5.91 Å². The Bertz CT molecular complexity index is 1010. The molecule has 8 nitrogen and oxygen atoms in total. The van der Waals surface area contributed by atoms with Gasteiger partial charge in [-0.15, -0.1) is 0 Å². The molecule has 1 heterocycles. The highest BCUT2D eigenvalue weighted by Gasteiger charge is 2.32. The number of carboxylic acids is 2. The van der Waals surface area contributed by atoms with E-state index in [2.05, 4.69) is 4.90 Å². The average Bonchev–Trinajstić information content (AvgIpc) is 2.75. The van der Waals surface area contributed by atoms with Gasteiger partial charge in [-0.05, 0) is 49.7 Å². The van der Waals surface area contributed by atoms with E-state index in [0.29, 0.717) is 19.6 Å². The lowest BCUT2D eigenvalue weighted by Crippen LogP contribution is -2.58. The SMILES string of the molecule is C[C@@H]1CN(Cc2ccc(F)cc2)[C@@H](C)CN1C(=O)COc1ccc(C(=O)O)cc1C(=O)O. The number of ether oxygens (including phenoxy) is 1. The quantitative estimate of drug-likeness (QED) is 0.676. The lowest BCUT2D eigenvalue weighted by atomic mass is 10.1. The molecule has 9 heteroatoms. The van der Waals surface area contributed by atoms with E-state index in [1.807, 2.05) is 13.8 Å². The first-order valence-electron chi connectivity index (χ1n) is 10.2. The van der Waals surface area contributed by atoms with Crippen molar-refractivity contribution in [2.75, 3.05) is 19.7 Å². The summed E-state index contributed by atoms with van der Waals surface area (Å²) in [6, 6.07) is 9.77. The second kappa shape index (κ2) is 9.78. The van der Waals surface area contributed by atoms with Gasteiger partial charge in [0.15, 0.2) is 6.61 Å². The minimum atomic E-state index is -1.34. The molecule has 1 amide bonds. The van der Waals surface area contributed by atoms with Gasteiger partial charge in [0.2, 0.25) is 0 Å². The molecule has 170 valence electrons. The van der Waals surface area contributed by atoms with Crippen LogP contribution in [-0.2, 0) is 11.3 Å². The van der Waals surface area contributed by atoms with Crippen LogP contribution in [0, 0.1) is 5.82 Å². The maximum atomic E-state index is 13.1. The van der Waals surface area contributed by atoms with Crippen molar-refractivity contribution in [2.45, 2.75) is 32.5 Å². The number of carbonyl (C=O) groups excluding carboxylic acids is 1. The van der Waals surface area contributed by atoms with Crippen LogP contribution in [0.25, 0.3) is 0 Å². The number of halogens is 1. The van der Waals surface area contributed by atoms with Gasteiger partial charge in [-0.3, -0.25) is 9.69 Å². The first-order chi connectivity index (χ1) is 15.2. The Morgan fingerprint density at radius 2 is 1.69 bits per heavy atom. The summed E-state index contributed by atoms with van der Waals surface area (Å²) in [7, 11) is 0. The number of carbonyl (C=O) groups is 3. The van der Waals surface area contributed by atoms with E-state index in [1.165, 1.54) is 24.3 Å². The van der Waals surface area contributed by atoms with Gasteiger partial charge in [0.1, 0.15) is 17.1 Å².